The minimum atomic E-state index is 0.900. The summed E-state index contributed by atoms with van der Waals surface area (Å²) in [7, 11) is 4.36. The monoisotopic (exact) mass is 199 g/mol. The average molecular weight is 199 g/mol. The molecule has 0 saturated carbocycles. The fraction of sp³-hybridized carbons (Fsp3) is 1.00. The van der Waals surface area contributed by atoms with Gasteiger partial charge in [-0.25, -0.2) is 0 Å². The Morgan fingerprint density at radius 2 is 1.79 bits per heavy atom. The average Bonchev–Trinajstić information content (AvgIpc) is 2.12. The van der Waals surface area contributed by atoms with E-state index < -0.39 is 0 Å². The third-order valence-corrected chi connectivity index (χ3v) is 2.99. The molecule has 0 aliphatic heterocycles. The summed E-state index contributed by atoms with van der Waals surface area (Å²) in [5, 5.41) is 0. The summed E-state index contributed by atoms with van der Waals surface area (Å²) in [6, 6.07) is 0. The van der Waals surface area contributed by atoms with Crippen LogP contribution >= 0.6 is 0 Å². The van der Waals surface area contributed by atoms with Crippen molar-refractivity contribution in [1.82, 2.24) is 4.90 Å². The second-order valence-corrected chi connectivity index (χ2v) is 5.02. The van der Waals surface area contributed by atoms with Crippen LogP contribution in [0.25, 0.3) is 0 Å². The first-order valence-electron chi connectivity index (χ1n) is 6.24. The molecule has 0 radical (unpaired) electrons. The van der Waals surface area contributed by atoms with Crippen LogP contribution in [-0.4, -0.2) is 25.5 Å². The Labute approximate surface area is 90.9 Å². The van der Waals surface area contributed by atoms with Crippen LogP contribution in [0.3, 0.4) is 0 Å². The molecule has 0 heterocycles. The zero-order valence-corrected chi connectivity index (χ0v) is 10.8. The third kappa shape index (κ3) is 7.37. The summed E-state index contributed by atoms with van der Waals surface area (Å²) in [5.74, 6) is 1.82. The van der Waals surface area contributed by atoms with Crippen LogP contribution in [0.1, 0.15) is 52.9 Å². The van der Waals surface area contributed by atoms with Gasteiger partial charge in [-0.3, -0.25) is 0 Å². The summed E-state index contributed by atoms with van der Waals surface area (Å²) in [6.45, 7) is 8.27. The minimum absolute atomic E-state index is 0.900. The second-order valence-electron chi connectivity index (χ2n) is 5.02. The molecule has 2 atom stereocenters. The van der Waals surface area contributed by atoms with Gasteiger partial charge in [-0.15, -0.1) is 0 Å². The molecular formula is C13H29N. The van der Waals surface area contributed by atoms with E-state index in [1.54, 1.807) is 0 Å². The largest absolute Gasteiger partial charge is 0.309 e. The summed E-state index contributed by atoms with van der Waals surface area (Å²) in [6.07, 6.45) is 6.90. The van der Waals surface area contributed by atoms with Crippen LogP contribution in [0.5, 0.6) is 0 Å². The van der Waals surface area contributed by atoms with Crippen molar-refractivity contribution in [2.75, 3.05) is 20.6 Å². The zero-order valence-electron chi connectivity index (χ0n) is 10.8. The van der Waals surface area contributed by atoms with E-state index in [1.165, 1.54) is 38.6 Å². The van der Waals surface area contributed by atoms with Crippen molar-refractivity contribution in [3.05, 3.63) is 0 Å². The van der Waals surface area contributed by atoms with E-state index >= 15 is 0 Å². The van der Waals surface area contributed by atoms with Crippen molar-refractivity contribution in [2.24, 2.45) is 11.8 Å². The highest BCUT2D eigenvalue weighted by atomic mass is 15.1. The molecule has 2 unspecified atom stereocenters. The fourth-order valence-electron chi connectivity index (χ4n) is 2.13. The Balaban J connectivity index is 3.68. The molecule has 0 amide bonds. The molecule has 0 spiro atoms. The predicted octanol–water partition coefficient (Wildman–Crippen LogP) is 3.79. The van der Waals surface area contributed by atoms with Crippen molar-refractivity contribution < 1.29 is 0 Å². The minimum Gasteiger partial charge on any atom is -0.309 e. The van der Waals surface area contributed by atoms with Gasteiger partial charge in [-0.2, -0.15) is 0 Å². The molecule has 0 saturated heterocycles. The first kappa shape index (κ1) is 14.0. The lowest BCUT2D eigenvalue weighted by Gasteiger charge is -2.22. The molecule has 0 fully saturated rings. The van der Waals surface area contributed by atoms with Crippen LogP contribution in [0.4, 0.5) is 0 Å². The molecular weight excluding hydrogens is 170 g/mol. The number of nitrogens with zero attached hydrogens (tertiary/aromatic N) is 1. The van der Waals surface area contributed by atoms with Gasteiger partial charge in [0, 0.05) is 6.54 Å². The van der Waals surface area contributed by atoms with Crippen LogP contribution in [0.15, 0.2) is 0 Å². The molecule has 86 valence electrons. The Hall–Kier alpha value is -0.0400. The van der Waals surface area contributed by atoms with Crippen molar-refractivity contribution in [3.8, 4) is 0 Å². The molecule has 1 nitrogen and oxygen atoms in total. The molecule has 0 rings (SSSR count). The number of hydrogen-bond acceptors (Lipinski definition) is 1. The van der Waals surface area contributed by atoms with Gasteiger partial charge in [0.25, 0.3) is 0 Å². The lowest BCUT2D eigenvalue weighted by Crippen LogP contribution is -2.22. The molecule has 1 heteroatoms. The normalized spacial score (nSPS) is 15.9. The summed E-state index contributed by atoms with van der Waals surface area (Å²) in [5.41, 5.74) is 0. The Kier molecular flexibility index (Phi) is 8.26. The maximum Gasteiger partial charge on any atom is 0.000356 e. The van der Waals surface area contributed by atoms with Gasteiger partial charge < -0.3 is 4.90 Å². The molecule has 0 aliphatic carbocycles. The van der Waals surface area contributed by atoms with Crippen molar-refractivity contribution in [2.45, 2.75) is 52.9 Å². The van der Waals surface area contributed by atoms with Gasteiger partial charge in [0.1, 0.15) is 0 Å². The lowest BCUT2D eigenvalue weighted by atomic mass is 9.90. The highest BCUT2D eigenvalue weighted by Gasteiger charge is 2.11. The van der Waals surface area contributed by atoms with Gasteiger partial charge >= 0.3 is 0 Å². The molecule has 0 bridgehead atoms. The molecule has 0 aliphatic rings. The number of rotatable bonds is 8. The van der Waals surface area contributed by atoms with Gasteiger partial charge in [-0.1, -0.05) is 46.5 Å². The van der Waals surface area contributed by atoms with Gasteiger partial charge in [0.15, 0.2) is 0 Å². The van der Waals surface area contributed by atoms with Crippen LogP contribution in [-0.2, 0) is 0 Å². The highest BCUT2D eigenvalue weighted by molar-refractivity contribution is 4.64. The SMILES string of the molecule is CCCCC(C)CC(CC)CN(C)C. The molecule has 0 aromatic rings. The Bertz CT molecular complexity index is 120. The molecule has 0 aromatic heterocycles. The summed E-state index contributed by atoms with van der Waals surface area (Å²) in [4.78, 5) is 2.32. The number of hydrogen-bond donors (Lipinski definition) is 0. The second kappa shape index (κ2) is 8.28. The lowest BCUT2D eigenvalue weighted by molar-refractivity contribution is 0.271. The van der Waals surface area contributed by atoms with Crippen LogP contribution in [0, 0.1) is 11.8 Å². The van der Waals surface area contributed by atoms with Crippen molar-refractivity contribution >= 4 is 0 Å². The van der Waals surface area contributed by atoms with Crippen LogP contribution in [0.2, 0.25) is 0 Å². The maximum absolute atomic E-state index is 2.41. The number of unbranched alkanes of at least 4 members (excludes halogenated alkanes) is 1. The first-order valence-corrected chi connectivity index (χ1v) is 6.24. The van der Waals surface area contributed by atoms with E-state index in [9.17, 15) is 0 Å². The fourth-order valence-corrected chi connectivity index (χ4v) is 2.13. The smallest absolute Gasteiger partial charge is 0.000356 e. The van der Waals surface area contributed by atoms with Gasteiger partial charge in [-0.05, 0) is 32.4 Å². The Morgan fingerprint density at radius 1 is 1.14 bits per heavy atom. The summed E-state index contributed by atoms with van der Waals surface area (Å²) >= 11 is 0. The van der Waals surface area contributed by atoms with Crippen LogP contribution < -0.4 is 0 Å². The first-order chi connectivity index (χ1) is 6.60. The molecule has 14 heavy (non-hydrogen) atoms. The molecule has 0 N–H and O–H groups in total. The maximum atomic E-state index is 2.41. The van der Waals surface area contributed by atoms with E-state index in [-0.39, 0.29) is 0 Å². The highest BCUT2D eigenvalue weighted by Crippen LogP contribution is 2.20. The quantitative estimate of drug-likeness (QED) is 0.575. The van der Waals surface area contributed by atoms with E-state index in [2.05, 4.69) is 39.8 Å². The van der Waals surface area contributed by atoms with E-state index in [0.29, 0.717) is 0 Å². The Morgan fingerprint density at radius 3 is 2.21 bits per heavy atom. The van der Waals surface area contributed by atoms with Crippen molar-refractivity contribution in [1.29, 1.82) is 0 Å². The predicted molar refractivity (Wildman–Crippen MR) is 65.6 cm³/mol. The van der Waals surface area contributed by atoms with Gasteiger partial charge in [0.2, 0.25) is 0 Å². The van der Waals surface area contributed by atoms with E-state index in [0.717, 1.165) is 11.8 Å². The molecule has 0 aromatic carbocycles. The summed E-state index contributed by atoms with van der Waals surface area (Å²) < 4.78 is 0. The van der Waals surface area contributed by atoms with Gasteiger partial charge in [0.05, 0.1) is 0 Å². The third-order valence-electron chi connectivity index (χ3n) is 2.99. The van der Waals surface area contributed by atoms with E-state index in [4.69, 9.17) is 0 Å². The van der Waals surface area contributed by atoms with Crippen molar-refractivity contribution in [3.63, 3.8) is 0 Å². The standard InChI is InChI=1S/C13H29N/c1-6-8-9-12(3)10-13(7-2)11-14(4)5/h12-13H,6-11H2,1-5H3. The topological polar surface area (TPSA) is 3.24 Å². The van der Waals surface area contributed by atoms with E-state index in [1.807, 2.05) is 0 Å². The zero-order chi connectivity index (χ0) is 11.0.